The van der Waals surface area contributed by atoms with Crippen molar-refractivity contribution in [3.05, 3.63) is 56.8 Å². The molecule has 1 unspecified atom stereocenters. The van der Waals surface area contributed by atoms with Crippen molar-refractivity contribution >= 4 is 22.9 Å². The maximum absolute atomic E-state index is 6.65. The van der Waals surface area contributed by atoms with Crippen molar-refractivity contribution in [2.45, 2.75) is 44.4 Å². The Kier molecular flexibility index (Phi) is 3.95. The summed E-state index contributed by atoms with van der Waals surface area (Å²) in [5.41, 5.74) is 4.30. The predicted molar refractivity (Wildman–Crippen MR) is 84.5 cm³/mol. The largest absolute Gasteiger partial charge is 0.143 e. The zero-order valence-electron chi connectivity index (χ0n) is 11.3. The fourth-order valence-electron chi connectivity index (χ4n) is 2.80. The SMILES string of the molecule is CCc1ccc(C(Cl)c2ccc3c(c2)CCCC3)s1. The topological polar surface area (TPSA) is 0 Å². The van der Waals surface area contributed by atoms with E-state index in [1.165, 1.54) is 52.1 Å². The van der Waals surface area contributed by atoms with Crippen molar-refractivity contribution in [1.82, 2.24) is 0 Å². The highest BCUT2D eigenvalue weighted by atomic mass is 35.5. The summed E-state index contributed by atoms with van der Waals surface area (Å²) < 4.78 is 0. The monoisotopic (exact) mass is 290 g/mol. The van der Waals surface area contributed by atoms with E-state index in [0.717, 1.165) is 6.42 Å². The molecule has 0 radical (unpaired) electrons. The zero-order chi connectivity index (χ0) is 13.2. The Morgan fingerprint density at radius 1 is 1.11 bits per heavy atom. The lowest BCUT2D eigenvalue weighted by atomic mass is 9.90. The summed E-state index contributed by atoms with van der Waals surface area (Å²) in [5.74, 6) is 0. The maximum Gasteiger partial charge on any atom is 0.0927 e. The molecule has 0 spiro atoms. The van der Waals surface area contributed by atoms with E-state index in [2.05, 4.69) is 37.3 Å². The molecule has 0 amide bonds. The number of rotatable bonds is 3. The molecule has 0 bridgehead atoms. The van der Waals surface area contributed by atoms with Gasteiger partial charge in [-0.3, -0.25) is 0 Å². The van der Waals surface area contributed by atoms with Crippen molar-refractivity contribution in [1.29, 1.82) is 0 Å². The molecule has 0 aliphatic heterocycles. The number of halogens is 1. The van der Waals surface area contributed by atoms with Gasteiger partial charge in [0.1, 0.15) is 0 Å². The summed E-state index contributed by atoms with van der Waals surface area (Å²) in [6.45, 7) is 2.19. The lowest BCUT2D eigenvalue weighted by Crippen LogP contribution is -2.03. The number of thiophene rings is 1. The minimum Gasteiger partial charge on any atom is -0.143 e. The molecular formula is C17H19ClS. The Morgan fingerprint density at radius 3 is 2.63 bits per heavy atom. The lowest BCUT2D eigenvalue weighted by Gasteiger charge is -2.18. The van der Waals surface area contributed by atoms with Gasteiger partial charge in [0.25, 0.3) is 0 Å². The molecule has 1 aliphatic carbocycles. The lowest BCUT2D eigenvalue weighted by molar-refractivity contribution is 0.684. The second-order valence-corrected chi connectivity index (χ2v) is 6.89. The van der Waals surface area contributed by atoms with Gasteiger partial charge in [0.05, 0.1) is 5.38 Å². The van der Waals surface area contributed by atoms with Gasteiger partial charge in [-0.1, -0.05) is 25.1 Å². The van der Waals surface area contributed by atoms with Crippen molar-refractivity contribution in [2.75, 3.05) is 0 Å². The smallest absolute Gasteiger partial charge is 0.0927 e. The Hall–Kier alpha value is -0.790. The predicted octanol–water partition coefficient (Wildman–Crippen LogP) is 5.52. The minimum atomic E-state index is 0.0116. The molecule has 19 heavy (non-hydrogen) atoms. The number of aryl methyl sites for hydroxylation is 3. The number of hydrogen-bond acceptors (Lipinski definition) is 1. The second-order valence-electron chi connectivity index (χ2n) is 5.26. The third-order valence-corrected chi connectivity index (χ3v) is 5.86. The summed E-state index contributed by atoms with van der Waals surface area (Å²) in [6.07, 6.45) is 6.21. The quantitative estimate of drug-likeness (QED) is 0.653. The Bertz CT molecular complexity index is 570. The van der Waals surface area contributed by atoms with Gasteiger partial charge in [0.2, 0.25) is 0 Å². The summed E-state index contributed by atoms with van der Waals surface area (Å²) in [4.78, 5) is 2.69. The normalized spacial score (nSPS) is 16.1. The third-order valence-electron chi connectivity index (χ3n) is 3.95. The van der Waals surface area contributed by atoms with E-state index in [9.17, 15) is 0 Å². The number of benzene rings is 1. The van der Waals surface area contributed by atoms with Gasteiger partial charge in [-0.05, 0) is 60.9 Å². The van der Waals surface area contributed by atoms with Gasteiger partial charge in [0.15, 0.2) is 0 Å². The second kappa shape index (κ2) is 5.68. The van der Waals surface area contributed by atoms with Gasteiger partial charge in [-0.15, -0.1) is 22.9 Å². The standard InChI is InChI=1S/C17H19ClS/c1-2-15-9-10-16(19-15)17(18)14-8-7-12-5-3-4-6-13(12)11-14/h7-11,17H,2-6H2,1H3. The van der Waals surface area contributed by atoms with E-state index in [-0.39, 0.29) is 5.38 Å². The first-order chi connectivity index (χ1) is 9.28. The fraction of sp³-hybridized carbons (Fsp3) is 0.412. The number of hydrogen-bond donors (Lipinski definition) is 0. The van der Waals surface area contributed by atoms with Crippen molar-refractivity contribution in [3.8, 4) is 0 Å². The van der Waals surface area contributed by atoms with Crippen LogP contribution in [-0.2, 0) is 19.3 Å². The van der Waals surface area contributed by atoms with E-state index in [1.54, 1.807) is 0 Å². The summed E-state index contributed by atoms with van der Waals surface area (Å²) in [5, 5.41) is 0.0116. The highest BCUT2D eigenvalue weighted by Gasteiger charge is 2.16. The molecule has 3 rings (SSSR count). The molecule has 2 heteroatoms. The molecule has 1 atom stereocenters. The average molecular weight is 291 g/mol. The van der Waals surface area contributed by atoms with Crippen LogP contribution < -0.4 is 0 Å². The average Bonchev–Trinajstić information content (AvgIpc) is 2.95. The minimum absolute atomic E-state index is 0.0116. The number of alkyl halides is 1. The van der Waals surface area contributed by atoms with Crippen molar-refractivity contribution < 1.29 is 0 Å². The van der Waals surface area contributed by atoms with Crippen molar-refractivity contribution in [2.24, 2.45) is 0 Å². The van der Waals surface area contributed by atoms with Gasteiger partial charge < -0.3 is 0 Å². The van der Waals surface area contributed by atoms with E-state index in [0.29, 0.717) is 0 Å². The molecule has 0 N–H and O–H groups in total. The first kappa shape index (κ1) is 13.2. The van der Waals surface area contributed by atoms with Crippen LogP contribution in [0.3, 0.4) is 0 Å². The molecule has 1 aliphatic rings. The fourth-order valence-corrected chi connectivity index (χ4v) is 4.10. The first-order valence-corrected chi connectivity index (χ1v) is 8.37. The first-order valence-electron chi connectivity index (χ1n) is 7.12. The Labute approximate surface area is 124 Å². The summed E-state index contributed by atoms with van der Waals surface area (Å²) >= 11 is 8.50. The highest BCUT2D eigenvalue weighted by molar-refractivity contribution is 7.12. The van der Waals surface area contributed by atoms with Gasteiger partial charge in [-0.2, -0.15) is 0 Å². The molecule has 1 heterocycles. The van der Waals surface area contributed by atoms with Crippen LogP contribution in [0.25, 0.3) is 0 Å². The van der Waals surface area contributed by atoms with Crippen LogP contribution in [0.1, 0.15) is 51.6 Å². The van der Waals surface area contributed by atoms with E-state index >= 15 is 0 Å². The molecule has 0 fully saturated rings. The van der Waals surface area contributed by atoms with Crippen LogP contribution in [0, 0.1) is 0 Å². The summed E-state index contributed by atoms with van der Waals surface area (Å²) in [7, 11) is 0. The third kappa shape index (κ3) is 2.73. The van der Waals surface area contributed by atoms with Gasteiger partial charge >= 0.3 is 0 Å². The van der Waals surface area contributed by atoms with Crippen LogP contribution in [0.15, 0.2) is 30.3 Å². The zero-order valence-corrected chi connectivity index (χ0v) is 12.9. The molecule has 0 nitrogen and oxygen atoms in total. The van der Waals surface area contributed by atoms with E-state index in [1.807, 2.05) is 11.3 Å². The molecule has 100 valence electrons. The van der Waals surface area contributed by atoms with Crippen LogP contribution in [0.4, 0.5) is 0 Å². The molecule has 1 aromatic carbocycles. The molecule has 0 saturated carbocycles. The van der Waals surface area contributed by atoms with Crippen LogP contribution >= 0.6 is 22.9 Å². The van der Waals surface area contributed by atoms with Crippen LogP contribution in [-0.4, -0.2) is 0 Å². The van der Waals surface area contributed by atoms with Crippen LogP contribution in [0.2, 0.25) is 0 Å². The molecular weight excluding hydrogens is 272 g/mol. The molecule has 0 saturated heterocycles. The highest BCUT2D eigenvalue weighted by Crippen LogP contribution is 2.35. The van der Waals surface area contributed by atoms with Crippen LogP contribution in [0.5, 0.6) is 0 Å². The Balaban J connectivity index is 1.88. The van der Waals surface area contributed by atoms with E-state index in [4.69, 9.17) is 11.6 Å². The number of fused-ring (bicyclic) bond motifs is 1. The Morgan fingerprint density at radius 2 is 1.89 bits per heavy atom. The molecule has 1 aromatic heterocycles. The molecule has 2 aromatic rings. The van der Waals surface area contributed by atoms with Gasteiger partial charge in [0, 0.05) is 9.75 Å². The van der Waals surface area contributed by atoms with Crippen molar-refractivity contribution in [3.63, 3.8) is 0 Å². The maximum atomic E-state index is 6.65. The van der Waals surface area contributed by atoms with Gasteiger partial charge in [-0.25, -0.2) is 0 Å². The summed E-state index contributed by atoms with van der Waals surface area (Å²) in [6, 6.07) is 11.2. The van der Waals surface area contributed by atoms with E-state index < -0.39 is 0 Å².